The Hall–Kier alpha value is -3.40. The molecule has 1 unspecified atom stereocenters. The average molecular weight is 444 g/mol. The summed E-state index contributed by atoms with van der Waals surface area (Å²) in [5, 5.41) is 13.2. The molecule has 0 saturated carbocycles. The first-order chi connectivity index (χ1) is 14.6. The molecular formula is C21H25N5O4S. The van der Waals surface area contributed by atoms with Gasteiger partial charge in [0.25, 0.3) is 5.19 Å². The highest BCUT2D eigenvalue weighted by molar-refractivity contribution is 7.16. The number of benzene rings is 1. The lowest BCUT2D eigenvalue weighted by Gasteiger charge is -2.19. The Bertz CT molecular complexity index is 1050. The summed E-state index contributed by atoms with van der Waals surface area (Å²) in [7, 11) is 0. The third kappa shape index (κ3) is 6.54. The molecule has 0 aliphatic heterocycles. The van der Waals surface area contributed by atoms with Gasteiger partial charge in [0.05, 0.1) is 22.8 Å². The molecular weight excluding hydrogens is 418 g/mol. The van der Waals surface area contributed by atoms with Crippen molar-refractivity contribution in [3.8, 4) is 21.5 Å². The Balaban J connectivity index is 1.60. The van der Waals surface area contributed by atoms with Gasteiger partial charge in [-0.25, -0.2) is 9.78 Å². The molecule has 10 heteroatoms. The number of carbonyl (C=O) groups excluding carboxylic acids is 2. The molecule has 0 saturated heterocycles. The van der Waals surface area contributed by atoms with Crippen molar-refractivity contribution in [2.45, 2.75) is 46.3 Å². The number of carbonyl (C=O) groups is 2. The van der Waals surface area contributed by atoms with Crippen LogP contribution in [0.5, 0.6) is 10.9 Å². The van der Waals surface area contributed by atoms with E-state index in [0.717, 1.165) is 16.3 Å². The lowest BCUT2D eigenvalue weighted by atomic mass is 10.2. The van der Waals surface area contributed by atoms with Crippen LogP contribution in [0.25, 0.3) is 10.6 Å². The van der Waals surface area contributed by atoms with Gasteiger partial charge in [0.15, 0.2) is 0 Å². The minimum Gasteiger partial charge on any atom is -0.444 e. The van der Waals surface area contributed by atoms with E-state index in [1.54, 1.807) is 51.2 Å². The average Bonchev–Trinajstić information content (AvgIpc) is 3.30. The van der Waals surface area contributed by atoms with Gasteiger partial charge in [-0.15, -0.1) is 0 Å². The predicted octanol–water partition coefficient (Wildman–Crippen LogP) is 4.87. The summed E-state index contributed by atoms with van der Waals surface area (Å²) in [6.45, 7) is 8.76. The molecule has 3 rings (SSSR count). The summed E-state index contributed by atoms with van der Waals surface area (Å²) in [5.41, 5.74) is 1.55. The quantitative estimate of drug-likeness (QED) is 0.500. The molecule has 3 aromatic rings. The number of aromatic nitrogens is 3. The van der Waals surface area contributed by atoms with Gasteiger partial charge < -0.3 is 14.8 Å². The number of aromatic amines is 1. The molecule has 31 heavy (non-hydrogen) atoms. The van der Waals surface area contributed by atoms with Crippen LogP contribution in [0.15, 0.2) is 36.5 Å². The number of ether oxygens (including phenoxy) is 2. The van der Waals surface area contributed by atoms with Crippen LogP contribution in [0.2, 0.25) is 0 Å². The van der Waals surface area contributed by atoms with E-state index in [1.807, 2.05) is 13.0 Å². The Morgan fingerprint density at radius 2 is 1.90 bits per heavy atom. The molecule has 1 atom stereocenters. The van der Waals surface area contributed by atoms with Gasteiger partial charge in [-0.1, -0.05) is 11.3 Å². The highest BCUT2D eigenvalue weighted by Crippen LogP contribution is 2.33. The molecule has 1 aromatic carbocycles. The maximum Gasteiger partial charge on any atom is 0.412 e. The van der Waals surface area contributed by atoms with E-state index in [-0.39, 0.29) is 11.9 Å². The van der Waals surface area contributed by atoms with Crippen molar-refractivity contribution < 1.29 is 19.1 Å². The summed E-state index contributed by atoms with van der Waals surface area (Å²) in [5.74, 6) is 0.474. The molecule has 0 aliphatic rings. The van der Waals surface area contributed by atoms with Crippen LogP contribution >= 0.6 is 11.3 Å². The fourth-order valence-corrected chi connectivity index (χ4v) is 3.37. The number of thiazole rings is 1. The number of amides is 2. The van der Waals surface area contributed by atoms with E-state index in [1.165, 1.54) is 18.3 Å². The minimum absolute atomic E-state index is 0.107. The van der Waals surface area contributed by atoms with Gasteiger partial charge in [0.1, 0.15) is 17.0 Å². The van der Waals surface area contributed by atoms with Crippen molar-refractivity contribution in [2.24, 2.45) is 0 Å². The second-order valence-corrected chi connectivity index (χ2v) is 8.87. The smallest absolute Gasteiger partial charge is 0.412 e. The number of nitrogens with zero attached hydrogens (tertiary/aromatic N) is 2. The van der Waals surface area contributed by atoms with Crippen LogP contribution in [0, 0.1) is 0 Å². The second kappa shape index (κ2) is 9.17. The van der Waals surface area contributed by atoms with Crippen molar-refractivity contribution >= 4 is 29.0 Å². The standard InChI is InChI=1S/C21H25N5O4S/c1-12(23-13(2)27)16-10-17(26-25-16)18-11-22-20(31-18)29-15-8-6-14(7-9-15)24-19(28)30-21(3,4)5/h6-12H,1-5H3,(H,23,27)(H,24,28)(H,25,26). The van der Waals surface area contributed by atoms with Gasteiger partial charge in [-0.05, 0) is 58.0 Å². The summed E-state index contributed by atoms with van der Waals surface area (Å²) < 4.78 is 11.0. The zero-order valence-corrected chi connectivity index (χ0v) is 18.8. The number of rotatable bonds is 6. The highest BCUT2D eigenvalue weighted by atomic mass is 32.1. The van der Waals surface area contributed by atoms with E-state index in [9.17, 15) is 9.59 Å². The van der Waals surface area contributed by atoms with Gasteiger partial charge in [-0.3, -0.25) is 15.2 Å². The second-order valence-electron chi connectivity index (χ2n) is 7.87. The van der Waals surface area contributed by atoms with Crippen molar-refractivity contribution in [2.75, 3.05) is 5.32 Å². The van der Waals surface area contributed by atoms with E-state index in [2.05, 4.69) is 25.8 Å². The molecule has 0 spiro atoms. The van der Waals surface area contributed by atoms with Crippen LogP contribution in [-0.4, -0.2) is 32.8 Å². The number of hydrogen-bond donors (Lipinski definition) is 3. The maximum atomic E-state index is 11.8. The zero-order chi connectivity index (χ0) is 22.6. The molecule has 0 radical (unpaired) electrons. The first-order valence-corrected chi connectivity index (χ1v) is 10.5. The SMILES string of the molecule is CC(=O)NC(C)c1cc(-c2cnc(Oc3ccc(NC(=O)OC(C)(C)C)cc3)s2)n[nH]1. The van der Waals surface area contributed by atoms with Crippen molar-refractivity contribution in [1.82, 2.24) is 20.5 Å². The van der Waals surface area contributed by atoms with E-state index < -0.39 is 11.7 Å². The third-order valence-electron chi connectivity index (χ3n) is 3.93. The van der Waals surface area contributed by atoms with Crippen LogP contribution in [0.3, 0.4) is 0 Å². The number of nitrogens with one attached hydrogen (secondary N) is 3. The molecule has 9 nitrogen and oxygen atoms in total. The zero-order valence-electron chi connectivity index (χ0n) is 18.0. The number of hydrogen-bond acceptors (Lipinski definition) is 7. The van der Waals surface area contributed by atoms with Gasteiger partial charge in [0.2, 0.25) is 5.91 Å². The topological polar surface area (TPSA) is 118 Å². The molecule has 0 bridgehead atoms. The largest absolute Gasteiger partial charge is 0.444 e. The predicted molar refractivity (Wildman–Crippen MR) is 118 cm³/mol. The van der Waals surface area contributed by atoms with Gasteiger partial charge >= 0.3 is 6.09 Å². The molecule has 3 N–H and O–H groups in total. The first-order valence-electron chi connectivity index (χ1n) is 9.65. The molecule has 0 fully saturated rings. The van der Waals surface area contributed by atoms with E-state index in [4.69, 9.17) is 9.47 Å². The summed E-state index contributed by atoms with van der Waals surface area (Å²) in [6, 6.07) is 8.60. The molecule has 0 aliphatic carbocycles. The van der Waals surface area contributed by atoms with Crippen LogP contribution in [0.4, 0.5) is 10.5 Å². The van der Waals surface area contributed by atoms with E-state index in [0.29, 0.717) is 16.6 Å². The van der Waals surface area contributed by atoms with Crippen molar-refractivity contribution in [1.29, 1.82) is 0 Å². The van der Waals surface area contributed by atoms with Crippen LogP contribution < -0.4 is 15.4 Å². The number of anilines is 1. The summed E-state index contributed by atoms with van der Waals surface area (Å²) in [6.07, 6.45) is 1.17. The Morgan fingerprint density at radius 3 is 2.55 bits per heavy atom. The van der Waals surface area contributed by atoms with Crippen molar-refractivity contribution in [3.63, 3.8) is 0 Å². The fourth-order valence-electron chi connectivity index (χ4n) is 2.62. The summed E-state index contributed by atoms with van der Waals surface area (Å²) >= 11 is 1.35. The molecule has 2 aromatic heterocycles. The van der Waals surface area contributed by atoms with Crippen molar-refractivity contribution in [3.05, 3.63) is 42.2 Å². The minimum atomic E-state index is -0.563. The highest BCUT2D eigenvalue weighted by Gasteiger charge is 2.16. The molecule has 2 heterocycles. The number of H-pyrrole nitrogens is 1. The Morgan fingerprint density at radius 1 is 1.19 bits per heavy atom. The Labute approximate surface area is 184 Å². The maximum absolute atomic E-state index is 11.8. The fraction of sp³-hybridized carbons (Fsp3) is 0.333. The van der Waals surface area contributed by atoms with Crippen LogP contribution in [-0.2, 0) is 9.53 Å². The monoisotopic (exact) mass is 443 g/mol. The lowest BCUT2D eigenvalue weighted by molar-refractivity contribution is -0.119. The first kappa shape index (κ1) is 22.3. The van der Waals surface area contributed by atoms with Gasteiger partial charge in [0, 0.05) is 12.6 Å². The molecule has 164 valence electrons. The lowest BCUT2D eigenvalue weighted by Crippen LogP contribution is -2.27. The molecule has 2 amide bonds. The third-order valence-corrected chi connectivity index (χ3v) is 4.82. The van der Waals surface area contributed by atoms with Crippen LogP contribution in [0.1, 0.15) is 46.4 Å². The Kier molecular flexibility index (Phi) is 6.59. The van der Waals surface area contributed by atoms with Gasteiger partial charge in [-0.2, -0.15) is 5.10 Å². The van der Waals surface area contributed by atoms with E-state index >= 15 is 0 Å². The summed E-state index contributed by atoms with van der Waals surface area (Å²) in [4.78, 5) is 28.2. The normalized spacial score (nSPS) is 12.2.